The van der Waals surface area contributed by atoms with E-state index in [0.717, 1.165) is 11.3 Å². The van der Waals surface area contributed by atoms with E-state index < -0.39 is 17.9 Å². The molecule has 0 spiro atoms. The number of thiazole rings is 1. The molecule has 2 atom stereocenters. The van der Waals surface area contributed by atoms with Crippen LogP contribution in [0.2, 0.25) is 0 Å². The van der Waals surface area contributed by atoms with Crippen LogP contribution in [0.25, 0.3) is 11.8 Å². The molecule has 4 aromatic rings. The number of para-hydroxylation sites is 1. The van der Waals surface area contributed by atoms with Crippen molar-refractivity contribution in [3.05, 3.63) is 115 Å². The number of esters is 1. The number of rotatable bonds is 6. The lowest BCUT2D eigenvalue weighted by atomic mass is 9.93. The molecule has 0 fully saturated rings. The van der Waals surface area contributed by atoms with Gasteiger partial charge in [-0.25, -0.2) is 9.79 Å². The monoisotopic (exact) mass is 606 g/mol. The molecular formula is C33H26N4O6S. The van der Waals surface area contributed by atoms with Crippen LogP contribution in [0.5, 0.6) is 11.5 Å². The summed E-state index contributed by atoms with van der Waals surface area (Å²) in [5.41, 5.74) is 2.77. The van der Waals surface area contributed by atoms with Gasteiger partial charge in [0.05, 0.1) is 39.9 Å². The number of fused-ring (bicyclic) bond motifs is 2. The fourth-order valence-corrected chi connectivity index (χ4v) is 6.54. The molecule has 10 nitrogen and oxygen atoms in total. The number of anilines is 1. The highest BCUT2D eigenvalue weighted by Crippen LogP contribution is 2.40. The maximum atomic E-state index is 14.2. The zero-order valence-electron chi connectivity index (χ0n) is 23.8. The number of nitrogens with zero attached hydrogens (tertiary/aromatic N) is 4. The number of hydrazone groups is 1. The summed E-state index contributed by atoms with van der Waals surface area (Å²) in [6.45, 7) is 3.71. The maximum absolute atomic E-state index is 14.2. The quantitative estimate of drug-likeness (QED) is 0.310. The van der Waals surface area contributed by atoms with Crippen molar-refractivity contribution in [3.63, 3.8) is 0 Å². The molecule has 7 rings (SSSR count). The summed E-state index contributed by atoms with van der Waals surface area (Å²) in [5.74, 6) is -0.499. The van der Waals surface area contributed by atoms with Gasteiger partial charge < -0.3 is 14.2 Å². The van der Waals surface area contributed by atoms with E-state index in [4.69, 9.17) is 19.2 Å². The lowest BCUT2D eigenvalue weighted by molar-refractivity contribution is -0.138. The molecule has 1 aromatic heterocycles. The molecule has 3 aliphatic heterocycles. The standard InChI is InChI=1S/C33H26N4O6S/c1-3-41-32(40)27-28(20-10-6-4-7-11-20)34-33-36(29(27)21-14-15-24-25(16-21)43-18-42-24)31(39)26(44-33)17-23-19(2)35-37(30(23)38)22-12-8-5-9-13-22/h4-17,23,29H,3,18H2,1-2H3/b26-17+/t23-,29+/m1/s1. The molecule has 44 heavy (non-hydrogen) atoms. The lowest BCUT2D eigenvalue weighted by Gasteiger charge is -2.26. The fourth-order valence-electron chi connectivity index (χ4n) is 5.53. The summed E-state index contributed by atoms with van der Waals surface area (Å²) in [7, 11) is 0. The van der Waals surface area contributed by atoms with Crippen LogP contribution in [-0.4, -0.2) is 35.6 Å². The molecule has 0 bridgehead atoms. The highest BCUT2D eigenvalue weighted by atomic mass is 32.1. The van der Waals surface area contributed by atoms with Crippen molar-refractivity contribution < 1.29 is 23.8 Å². The van der Waals surface area contributed by atoms with Gasteiger partial charge in [-0.3, -0.25) is 14.2 Å². The topological polar surface area (TPSA) is 112 Å². The van der Waals surface area contributed by atoms with Crippen LogP contribution in [0.1, 0.15) is 31.0 Å². The van der Waals surface area contributed by atoms with E-state index in [1.807, 2.05) is 48.5 Å². The van der Waals surface area contributed by atoms with Gasteiger partial charge in [0.1, 0.15) is 5.92 Å². The van der Waals surface area contributed by atoms with E-state index in [1.54, 1.807) is 50.3 Å². The number of hydrogen-bond acceptors (Lipinski definition) is 9. The van der Waals surface area contributed by atoms with E-state index in [1.165, 1.54) is 9.58 Å². The van der Waals surface area contributed by atoms with E-state index >= 15 is 0 Å². The highest BCUT2D eigenvalue weighted by Gasteiger charge is 2.37. The van der Waals surface area contributed by atoms with Gasteiger partial charge in [0.15, 0.2) is 16.3 Å². The Hall–Kier alpha value is -5.29. The number of amides is 1. The molecule has 1 amide bonds. The number of hydrogen-bond donors (Lipinski definition) is 0. The third-order valence-electron chi connectivity index (χ3n) is 7.59. The van der Waals surface area contributed by atoms with Crippen molar-refractivity contribution in [2.45, 2.75) is 19.9 Å². The minimum absolute atomic E-state index is 0.0771. The van der Waals surface area contributed by atoms with E-state index in [9.17, 15) is 14.4 Å². The average Bonchev–Trinajstić information content (AvgIpc) is 3.73. The normalized spacial score (nSPS) is 19.1. The van der Waals surface area contributed by atoms with Gasteiger partial charge in [-0.2, -0.15) is 10.1 Å². The Morgan fingerprint density at radius 3 is 2.50 bits per heavy atom. The summed E-state index contributed by atoms with van der Waals surface area (Å²) in [6.07, 6.45) is 1.64. The first-order valence-corrected chi connectivity index (χ1v) is 14.9. The van der Waals surface area contributed by atoms with Crippen molar-refractivity contribution in [3.8, 4) is 11.5 Å². The molecule has 0 saturated heterocycles. The third-order valence-corrected chi connectivity index (χ3v) is 8.59. The van der Waals surface area contributed by atoms with Crippen molar-refractivity contribution in [2.75, 3.05) is 18.4 Å². The Labute approximate surface area is 255 Å². The van der Waals surface area contributed by atoms with Crippen LogP contribution in [0.4, 0.5) is 5.69 Å². The predicted molar refractivity (Wildman–Crippen MR) is 165 cm³/mol. The first kappa shape index (κ1) is 27.5. The van der Waals surface area contributed by atoms with Crippen molar-refractivity contribution in [1.29, 1.82) is 0 Å². The Balaban J connectivity index is 1.43. The minimum atomic E-state index is -0.882. The van der Waals surface area contributed by atoms with E-state index in [-0.39, 0.29) is 30.4 Å². The number of benzene rings is 3. The summed E-state index contributed by atoms with van der Waals surface area (Å²) < 4.78 is 18.5. The largest absolute Gasteiger partial charge is 0.463 e. The summed E-state index contributed by atoms with van der Waals surface area (Å²) >= 11 is 1.16. The van der Waals surface area contributed by atoms with Crippen LogP contribution >= 0.6 is 11.3 Å². The van der Waals surface area contributed by atoms with Crippen LogP contribution in [-0.2, 0) is 14.3 Å². The zero-order valence-corrected chi connectivity index (χ0v) is 24.6. The maximum Gasteiger partial charge on any atom is 0.338 e. The summed E-state index contributed by atoms with van der Waals surface area (Å²) in [5, 5.41) is 5.84. The highest BCUT2D eigenvalue weighted by molar-refractivity contribution is 7.07. The summed E-state index contributed by atoms with van der Waals surface area (Å²) in [4.78, 5) is 46.6. The van der Waals surface area contributed by atoms with Crippen molar-refractivity contribution in [2.24, 2.45) is 16.0 Å². The first-order chi connectivity index (χ1) is 21.4. The molecule has 0 unspecified atom stereocenters. The molecule has 11 heteroatoms. The molecule has 4 heterocycles. The second-order valence-electron chi connectivity index (χ2n) is 10.3. The van der Waals surface area contributed by atoms with E-state index in [2.05, 4.69) is 5.10 Å². The lowest BCUT2D eigenvalue weighted by Crippen LogP contribution is -2.40. The molecule has 3 aliphatic rings. The van der Waals surface area contributed by atoms with E-state index in [0.29, 0.717) is 49.1 Å². The number of aromatic nitrogens is 1. The van der Waals surface area contributed by atoms with Crippen LogP contribution in [0, 0.1) is 5.92 Å². The van der Waals surface area contributed by atoms with Gasteiger partial charge in [-0.05, 0) is 49.8 Å². The smallest absolute Gasteiger partial charge is 0.338 e. The third kappa shape index (κ3) is 4.62. The summed E-state index contributed by atoms with van der Waals surface area (Å²) in [6, 6.07) is 22.9. The number of carbonyl (C=O) groups excluding carboxylic acids is 2. The molecular weight excluding hydrogens is 580 g/mol. The molecule has 3 aromatic carbocycles. The van der Waals surface area contributed by atoms with Crippen molar-refractivity contribution >= 4 is 46.4 Å². The van der Waals surface area contributed by atoms with Crippen molar-refractivity contribution in [1.82, 2.24) is 4.57 Å². The Morgan fingerprint density at radius 2 is 1.75 bits per heavy atom. The van der Waals surface area contributed by atoms with Gasteiger partial charge in [0.2, 0.25) is 6.79 Å². The van der Waals surface area contributed by atoms with Gasteiger partial charge in [-0.15, -0.1) is 0 Å². The van der Waals surface area contributed by atoms with Crippen LogP contribution < -0.4 is 29.4 Å². The van der Waals surface area contributed by atoms with Gasteiger partial charge in [0.25, 0.3) is 11.5 Å². The molecule has 0 aliphatic carbocycles. The average molecular weight is 607 g/mol. The molecule has 220 valence electrons. The first-order valence-electron chi connectivity index (χ1n) is 14.1. The predicted octanol–water partition coefficient (Wildman–Crippen LogP) is 3.65. The number of carbonyl (C=O) groups is 2. The Bertz CT molecular complexity index is 2050. The fraction of sp³-hybridized carbons (Fsp3) is 0.182. The van der Waals surface area contributed by atoms with Crippen LogP contribution in [0.15, 0.2) is 99.3 Å². The van der Waals surface area contributed by atoms with Crippen LogP contribution in [0.3, 0.4) is 0 Å². The minimum Gasteiger partial charge on any atom is -0.463 e. The second-order valence-corrected chi connectivity index (χ2v) is 11.3. The number of ether oxygens (including phenoxy) is 3. The second kappa shape index (κ2) is 11.1. The zero-order chi connectivity index (χ0) is 30.4. The van der Waals surface area contributed by atoms with Gasteiger partial charge in [-0.1, -0.05) is 65.9 Å². The molecule has 0 radical (unpaired) electrons. The molecule has 0 N–H and O–H groups in total. The molecule has 0 saturated carbocycles. The SMILES string of the molecule is CCOC(=O)C1=C(c2ccccc2)N=c2s/c(=C/[C@H]3C(=O)N(c4ccccc4)N=C3C)c(=O)n2[C@H]1c1ccc2c(c1)OCO2. The van der Waals surface area contributed by atoms with Gasteiger partial charge >= 0.3 is 5.97 Å². The van der Waals surface area contributed by atoms with Gasteiger partial charge in [0, 0.05) is 5.56 Å². The Kier molecular flexibility index (Phi) is 6.94. The Morgan fingerprint density at radius 1 is 1.02 bits per heavy atom.